The zero-order valence-corrected chi connectivity index (χ0v) is 8.22. The van der Waals surface area contributed by atoms with Crippen molar-refractivity contribution in [2.75, 3.05) is 5.73 Å². The van der Waals surface area contributed by atoms with Gasteiger partial charge in [0.15, 0.2) is 0 Å². The van der Waals surface area contributed by atoms with E-state index in [1.807, 2.05) is 26.0 Å². The third-order valence-electron chi connectivity index (χ3n) is 1.93. The van der Waals surface area contributed by atoms with Crippen molar-refractivity contribution >= 4 is 11.6 Å². The van der Waals surface area contributed by atoms with Gasteiger partial charge in [-0.2, -0.15) is 0 Å². The summed E-state index contributed by atoms with van der Waals surface area (Å²) < 4.78 is 0. The number of nitrogen functional groups attached to an aromatic ring is 1. The molecule has 0 saturated heterocycles. The lowest BCUT2D eigenvalue weighted by molar-refractivity contribution is -0.112. The van der Waals surface area contributed by atoms with Crippen molar-refractivity contribution in [1.82, 2.24) is 0 Å². The fraction of sp³-hybridized carbons (Fsp3) is 0.182. The van der Waals surface area contributed by atoms with Crippen molar-refractivity contribution in [3.63, 3.8) is 0 Å². The Labute approximate surface area is 83.1 Å². The van der Waals surface area contributed by atoms with Crippen molar-refractivity contribution in [2.45, 2.75) is 13.8 Å². The highest BCUT2D eigenvalue weighted by Crippen LogP contribution is 2.16. The molecule has 0 aliphatic heterocycles. The number of primary amides is 1. The Morgan fingerprint density at radius 3 is 2.50 bits per heavy atom. The third-order valence-corrected chi connectivity index (χ3v) is 1.93. The summed E-state index contributed by atoms with van der Waals surface area (Å²) in [5.74, 6) is 4.37. The lowest BCUT2D eigenvalue weighted by Crippen LogP contribution is -2.06. The number of carbonyl (C=O) groups is 1. The maximum Gasteiger partial charge on any atom is 0.293 e. The van der Waals surface area contributed by atoms with Crippen LogP contribution in [0, 0.1) is 25.7 Å². The highest BCUT2D eigenvalue weighted by Gasteiger charge is 1.99. The van der Waals surface area contributed by atoms with Crippen molar-refractivity contribution < 1.29 is 4.79 Å². The van der Waals surface area contributed by atoms with Crippen LogP contribution in [-0.4, -0.2) is 5.91 Å². The molecule has 14 heavy (non-hydrogen) atoms. The van der Waals surface area contributed by atoms with Crippen molar-refractivity contribution in [2.24, 2.45) is 5.73 Å². The molecule has 0 radical (unpaired) electrons. The van der Waals surface area contributed by atoms with Gasteiger partial charge in [-0.15, -0.1) is 0 Å². The van der Waals surface area contributed by atoms with Crippen LogP contribution < -0.4 is 11.5 Å². The van der Waals surface area contributed by atoms with Crippen molar-refractivity contribution in [3.8, 4) is 11.8 Å². The van der Waals surface area contributed by atoms with E-state index < -0.39 is 5.91 Å². The van der Waals surface area contributed by atoms with Gasteiger partial charge in [0.2, 0.25) is 0 Å². The molecule has 0 unspecified atom stereocenters. The van der Waals surface area contributed by atoms with E-state index in [4.69, 9.17) is 11.5 Å². The summed E-state index contributed by atoms with van der Waals surface area (Å²) in [6.45, 7) is 3.78. The molecule has 3 nitrogen and oxygen atoms in total. The van der Waals surface area contributed by atoms with Gasteiger partial charge >= 0.3 is 0 Å². The Bertz CT molecular complexity index is 439. The Balaban J connectivity index is 3.18. The number of anilines is 1. The molecule has 1 aromatic rings. The van der Waals surface area contributed by atoms with Gasteiger partial charge in [-0.05, 0) is 43.0 Å². The summed E-state index contributed by atoms with van der Waals surface area (Å²) in [5.41, 5.74) is 14.0. The molecule has 0 atom stereocenters. The first kappa shape index (κ1) is 10.1. The van der Waals surface area contributed by atoms with Crippen LogP contribution in [0.15, 0.2) is 12.1 Å². The van der Waals surface area contributed by atoms with Gasteiger partial charge in [0, 0.05) is 11.3 Å². The maximum absolute atomic E-state index is 10.5. The van der Waals surface area contributed by atoms with Crippen LogP contribution in [0.25, 0.3) is 0 Å². The van der Waals surface area contributed by atoms with Crippen LogP contribution in [0.1, 0.15) is 16.7 Å². The minimum Gasteiger partial charge on any atom is -0.399 e. The maximum atomic E-state index is 10.5. The normalized spacial score (nSPS) is 9.00. The van der Waals surface area contributed by atoms with E-state index in [1.54, 1.807) is 0 Å². The van der Waals surface area contributed by atoms with E-state index >= 15 is 0 Å². The zero-order chi connectivity index (χ0) is 10.7. The largest absolute Gasteiger partial charge is 0.399 e. The van der Waals surface area contributed by atoms with Crippen LogP contribution in [-0.2, 0) is 4.79 Å². The first-order chi connectivity index (χ1) is 6.50. The number of carbonyl (C=O) groups excluding carboxylic acids is 1. The van der Waals surface area contributed by atoms with E-state index in [1.165, 1.54) is 0 Å². The molecule has 1 amide bonds. The summed E-state index contributed by atoms with van der Waals surface area (Å²) in [7, 11) is 0. The van der Waals surface area contributed by atoms with Gasteiger partial charge in [-0.25, -0.2) is 0 Å². The molecule has 0 spiro atoms. The number of nitrogens with two attached hydrogens (primary N) is 2. The fourth-order valence-electron chi connectivity index (χ4n) is 1.10. The molecule has 72 valence electrons. The summed E-state index contributed by atoms with van der Waals surface area (Å²) >= 11 is 0. The molecule has 0 bridgehead atoms. The summed E-state index contributed by atoms with van der Waals surface area (Å²) in [6.07, 6.45) is 0. The smallest absolute Gasteiger partial charge is 0.293 e. The third kappa shape index (κ3) is 2.27. The van der Waals surface area contributed by atoms with Crippen LogP contribution in [0.3, 0.4) is 0 Å². The van der Waals surface area contributed by atoms with E-state index in [0.717, 1.165) is 22.4 Å². The molecule has 0 fully saturated rings. The zero-order valence-electron chi connectivity index (χ0n) is 8.22. The molecule has 0 aliphatic carbocycles. The Morgan fingerprint density at radius 1 is 1.29 bits per heavy atom. The number of aryl methyl sites for hydroxylation is 2. The van der Waals surface area contributed by atoms with Gasteiger partial charge in [-0.3, -0.25) is 4.79 Å². The minimum absolute atomic E-state index is 0.626. The molecule has 0 aliphatic rings. The minimum atomic E-state index is -0.626. The fourth-order valence-corrected chi connectivity index (χ4v) is 1.10. The molecule has 1 rings (SSSR count). The number of hydrogen-bond acceptors (Lipinski definition) is 2. The van der Waals surface area contributed by atoms with Gasteiger partial charge in [0.1, 0.15) is 0 Å². The van der Waals surface area contributed by atoms with E-state index in [9.17, 15) is 4.79 Å². The topological polar surface area (TPSA) is 69.1 Å². The van der Waals surface area contributed by atoms with E-state index in [2.05, 4.69) is 11.8 Å². The van der Waals surface area contributed by atoms with Gasteiger partial charge in [0.05, 0.1) is 0 Å². The molecule has 0 saturated carbocycles. The lowest BCUT2D eigenvalue weighted by atomic mass is 10.0. The monoisotopic (exact) mass is 188 g/mol. The predicted octanol–water partition coefficient (Wildman–Crippen LogP) is 0.722. The second-order valence-corrected chi connectivity index (χ2v) is 3.14. The Kier molecular flexibility index (Phi) is 2.78. The average Bonchev–Trinajstić information content (AvgIpc) is 2.09. The van der Waals surface area contributed by atoms with Crippen LogP contribution in [0.2, 0.25) is 0 Å². The number of rotatable bonds is 0. The molecule has 0 heterocycles. The second-order valence-electron chi connectivity index (χ2n) is 3.14. The van der Waals surface area contributed by atoms with Crippen molar-refractivity contribution in [1.29, 1.82) is 0 Å². The summed E-state index contributed by atoms with van der Waals surface area (Å²) in [5, 5.41) is 0. The molecular formula is C11H12N2O. The first-order valence-corrected chi connectivity index (χ1v) is 4.19. The molecule has 4 N–H and O–H groups in total. The second kappa shape index (κ2) is 3.84. The molecule has 3 heteroatoms. The molecule has 0 aromatic heterocycles. The number of hydrogen-bond donors (Lipinski definition) is 2. The number of benzene rings is 1. The summed E-state index contributed by atoms with van der Waals surface area (Å²) in [4.78, 5) is 10.5. The molecular weight excluding hydrogens is 176 g/mol. The number of amides is 1. The quantitative estimate of drug-likeness (QED) is 0.465. The highest BCUT2D eigenvalue weighted by molar-refractivity contribution is 5.92. The van der Waals surface area contributed by atoms with Crippen LogP contribution in [0.4, 0.5) is 5.69 Å². The van der Waals surface area contributed by atoms with E-state index in [-0.39, 0.29) is 0 Å². The van der Waals surface area contributed by atoms with Gasteiger partial charge in [-0.1, -0.05) is 5.92 Å². The average molecular weight is 188 g/mol. The Morgan fingerprint density at radius 2 is 1.93 bits per heavy atom. The molecule has 1 aromatic carbocycles. The first-order valence-electron chi connectivity index (χ1n) is 4.19. The van der Waals surface area contributed by atoms with Crippen LogP contribution >= 0.6 is 0 Å². The van der Waals surface area contributed by atoms with Crippen molar-refractivity contribution in [3.05, 3.63) is 28.8 Å². The standard InChI is InChI=1S/C11H12N2O/c1-7-6-10(12)8(2)5-9(7)3-4-11(13)14/h5-6H,12H2,1-2H3,(H2,13,14). The lowest BCUT2D eigenvalue weighted by Gasteiger charge is -2.03. The highest BCUT2D eigenvalue weighted by atomic mass is 16.1. The van der Waals surface area contributed by atoms with Crippen LogP contribution in [0.5, 0.6) is 0 Å². The van der Waals surface area contributed by atoms with E-state index in [0.29, 0.717) is 0 Å². The van der Waals surface area contributed by atoms with Gasteiger partial charge in [0.25, 0.3) is 5.91 Å². The van der Waals surface area contributed by atoms with Gasteiger partial charge < -0.3 is 11.5 Å². The summed E-state index contributed by atoms with van der Waals surface area (Å²) in [6, 6.07) is 3.68. The SMILES string of the molecule is Cc1cc(C#CC(N)=O)c(C)cc1N. The Hall–Kier alpha value is -1.95. The predicted molar refractivity (Wildman–Crippen MR) is 56.4 cm³/mol.